The maximum absolute atomic E-state index is 11.6. The van der Waals surface area contributed by atoms with E-state index in [1.165, 1.54) is 37.1 Å². The summed E-state index contributed by atoms with van der Waals surface area (Å²) >= 11 is 3.03. The second-order valence-electron chi connectivity index (χ2n) is 8.14. The predicted octanol–water partition coefficient (Wildman–Crippen LogP) is 4.84. The lowest BCUT2D eigenvalue weighted by molar-refractivity contribution is -0.117. The number of hydrogen-bond donors (Lipinski definition) is 4. The zero-order valence-electron chi connectivity index (χ0n) is 18.1. The van der Waals surface area contributed by atoms with Crippen LogP contribution in [-0.2, 0) is 4.79 Å². The predicted molar refractivity (Wildman–Crippen MR) is 132 cm³/mol. The largest absolute Gasteiger partial charge is 0.326 e. The number of aromatic nitrogens is 1. The number of nitrogens with zero attached hydrogens (tertiary/aromatic N) is 1. The number of benzene rings is 2. The Balaban J connectivity index is 0.000000166. The summed E-state index contributed by atoms with van der Waals surface area (Å²) in [6.45, 7) is 4.50. The topological polar surface area (TPSA) is 80.0 Å². The molecule has 5 rings (SSSR count). The van der Waals surface area contributed by atoms with Crippen LogP contribution < -0.4 is 15.8 Å². The fraction of sp³-hybridized carbons (Fsp3) is 0.360. The Morgan fingerprint density at radius 1 is 1.00 bits per heavy atom. The van der Waals surface area contributed by atoms with Crippen LogP contribution in [0, 0.1) is 12.8 Å². The Kier molecular flexibility index (Phi) is 8.88. The van der Waals surface area contributed by atoms with Crippen LogP contribution in [0.15, 0.2) is 60.9 Å². The molecule has 1 aliphatic heterocycles. The molecule has 0 atom stereocenters. The minimum absolute atomic E-state index is 0.147. The van der Waals surface area contributed by atoms with Crippen molar-refractivity contribution in [3.05, 3.63) is 72.1 Å². The number of nitrogens with one attached hydrogen (secondary N) is 2. The maximum Gasteiger partial charge on any atom is 0.227 e. The molecule has 2 fully saturated rings. The van der Waals surface area contributed by atoms with Gasteiger partial charge < -0.3 is 10.6 Å². The summed E-state index contributed by atoms with van der Waals surface area (Å²) in [5, 5.41) is 12.7. The number of piperidine rings is 1. The summed E-state index contributed by atoms with van der Waals surface area (Å²) in [7, 11) is 0. The molecule has 1 saturated carbocycles. The van der Waals surface area contributed by atoms with Gasteiger partial charge in [-0.15, -0.1) is 12.8 Å². The van der Waals surface area contributed by atoms with Crippen LogP contribution in [0.1, 0.15) is 42.7 Å². The highest BCUT2D eigenvalue weighted by Crippen LogP contribution is 2.30. The van der Waals surface area contributed by atoms with Crippen LogP contribution in [0.5, 0.6) is 0 Å². The fourth-order valence-electron chi connectivity index (χ4n) is 3.74. The average Bonchev–Trinajstić information content (AvgIpc) is 3.68. The molecule has 1 saturated heterocycles. The summed E-state index contributed by atoms with van der Waals surface area (Å²) < 4.78 is 0. The van der Waals surface area contributed by atoms with Crippen molar-refractivity contribution in [2.24, 2.45) is 11.1 Å². The molecule has 4 N–H and O–H groups in total. The molecule has 6 heteroatoms. The first-order chi connectivity index (χ1) is 15.2. The normalized spacial score (nSPS) is 15.8. The van der Waals surface area contributed by atoms with Gasteiger partial charge in [-0.05, 0) is 80.8 Å². The van der Waals surface area contributed by atoms with Gasteiger partial charge in [-0.3, -0.25) is 14.9 Å². The van der Waals surface area contributed by atoms with E-state index in [0.717, 1.165) is 35.2 Å². The number of pyridine rings is 1. The molecule has 0 bridgehead atoms. The molecular weight excluding hydrogens is 404 g/mol. The first kappa shape index (κ1) is 23.3. The van der Waals surface area contributed by atoms with Crippen LogP contribution in [-0.4, -0.2) is 24.0 Å². The second kappa shape index (κ2) is 11.8. The Labute approximate surface area is 190 Å². The van der Waals surface area contributed by atoms with Crippen LogP contribution in [0.4, 0.5) is 5.69 Å². The number of thiol groups is 1. The lowest BCUT2D eigenvalue weighted by Crippen LogP contribution is -2.26. The van der Waals surface area contributed by atoms with Crippen LogP contribution in [0.2, 0.25) is 0 Å². The van der Waals surface area contributed by atoms with Gasteiger partial charge in [-0.2, -0.15) is 0 Å². The fourth-order valence-corrected chi connectivity index (χ4v) is 3.74. The molecule has 5 nitrogen and oxygen atoms in total. The number of amides is 1. The van der Waals surface area contributed by atoms with Gasteiger partial charge in [-0.25, -0.2) is 0 Å². The minimum atomic E-state index is 0.147. The summed E-state index contributed by atoms with van der Waals surface area (Å²) in [4.78, 5) is 15.6. The minimum Gasteiger partial charge on any atom is -0.326 e. The number of aryl methyl sites for hydroxylation is 1. The van der Waals surface area contributed by atoms with Crippen LogP contribution >= 0.6 is 12.8 Å². The van der Waals surface area contributed by atoms with Crippen molar-refractivity contribution < 1.29 is 4.79 Å². The molecule has 0 unspecified atom stereocenters. The molecule has 2 aliphatic rings. The summed E-state index contributed by atoms with van der Waals surface area (Å²) in [5.74, 6) is 1.18. The summed E-state index contributed by atoms with van der Waals surface area (Å²) in [6, 6.07) is 16.8. The van der Waals surface area contributed by atoms with Crippen molar-refractivity contribution in [3.63, 3.8) is 0 Å². The Bertz CT molecular complexity index is 967. The summed E-state index contributed by atoms with van der Waals surface area (Å²) in [6.07, 6.45) is 8.23. The highest BCUT2D eigenvalue weighted by molar-refractivity contribution is 7.77. The molecule has 2 heterocycles. The monoisotopic (exact) mass is 436 g/mol. The molecule has 1 aliphatic carbocycles. The van der Waals surface area contributed by atoms with Gasteiger partial charge in [0.05, 0.1) is 0 Å². The quantitative estimate of drug-likeness (QED) is 0.443. The van der Waals surface area contributed by atoms with E-state index in [1.54, 1.807) is 6.20 Å². The molecule has 1 amide bonds. The van der Waals surface area contributed by atoms with Crippen molar-refractivity contribution in [3.8, 4) is 0 Å². The van der Waals surface area contributed by atoms with Gasteiger partial charge in [0, 0.05) is 29.4 Å². The molecule has 2 aromatic carbocycles. The highest BCUT2D eigenvalue weighted by Gasteiger charge is 2.29. The third-order valence-electron chi connectivity index (χ3n) is 5.74. The van der Waals surface area contributed by atoms with E-state index in [2.05, 4.69) is 64.8 Å². The van der Waals surface area contributed by atoms with Crippen molar-refractivity contribution >= 4 is 35.2 Å². The van der Waals surface area contributed by atoms with Gasteiger partial charge in [-0.1, -0.05) is 35.9 Å². The maximum atomic E-state index is 11.6. The third-order valence-corrected chi connectivity index (χ3v) is 5.74. The molecule has 3 aromatic rings. The van der Waals surface area contributed by atoms with Crippen molar-refractivity contribution in [1.29, 1.82) is 0 Å². The van der Waals surface area contributed by atoms with E-state index in [-0.39, 0.29) is 11.8 Å². The highest BCUT2D eigenvalue weighted by atomic mass is 32.1. The molecule has 0 radical (unpaired) electrons. The molecular formula is C25H32N4OS. The molecule has 31 heavy (non-hydrogen) atoms. The zero-order chi connectivity index (χ0) is 22.1. The number of carbonyl (C=O) groups is 1. The molecule has 0 spiro atoms. The first-order valence-electron chi connectivity index (χ1n) is 10.9. The number of hydrogen-bond acceptors (Lipinski definition) is 5. The van der Waals surface area contributed by atoms with Crippen molar-refractivity contribution in [2.75, 3.05) is 18.4 Å². The van der Waals surface area contributed by atoms with E-state index in [1.807, 2.05) is 30.5 Å². The number of rotatable bonds is 3. The lowest BCUT2D eigenvalue weighted by Gasteiger charge is -2.22. The second-order valence-corrected chi connectivity index (χ2v) is 8.14. The summed E-state index contributed by atoms with van der Waals surface area (Å²) in [5.41, 5.74) is 3.75. The number of nitrogens with two attached hydrogens (primary N) is 1. The smallest absolute Gasteiger partial charge is 0.227 e. The number of fused-ring (bicyclic) bond motifs is 1. The Morgan fingerprint density at radius 2 is 1.71 bits per heavy atom. The van der Waals surface area contributed by atoms with Crippen molar-refractivity contribution in [2.45, 2.75) is 38.5 Å². The van der Waals surface area contributed by atoms with Crippen LogP contribution in [0.25, 0.3) is 10.8 Å². The zero-order valence-corrected chi connectivity index (χ0v) is 18.9. The van der Waals surface area contributed by atoms with E-state index >= 15 is 0 Å². The van der Waals surface area contributed by atoms with Gasteiger partial charge in [0.15, 0.2) is 0 Å². The van der Waals surface area contributed by atoms with E-state index in [0.29, 0.717) is 0 Å². The van der Waals surface area contributed by atoms with E-state index in [4.69, 9.17) is 0 Å². The van der Waals surface area contributed by atoms with Gasteiger partial charge in [0.25, 0.3) is 0 Å². The first-order valence-corrected chi connectivity index (χ1v) is 11.4. The SMILES string of the molecule is Cc1ccc(C2CCNCC2)cc1.NS.O=C(Nc1ccc2cnccc2c1)C1CC1. The van der Waals surface area contributed by atoms with Crippen LogP contribution in [0.3, 0.4) is 0 Å². The van der Waals surface area contributed by atoms with Gasteiger partial charge >= 0.3 is 0 Å². The number of anilines is 1. The molecule has 1 aromatic heterocycles. The Morgan fingerprint density at radius 3 is 2.39 bits per heavy atom. The average molecular weight is 437 g/mol. The van der Waals surface area contributed by atoms with Gasteiger partial charge in [0.1, 0.15) is 0 Å². The van der Waals surface area contributed by atoms with E-state index < -0.39 is 0 Å². The van der Waals surface area contributed by atoms with Crippen molar-refractivity contribution in [1.82, 2.24) is 10.3 Å². The van der Waals surface area contributed by atoms with Gasteiger partial charge in [0.2, 0.25) is 5.91 Å². The van der Waals surface area contributed by atoms with E-state index in [9.17, 15) is 4.79 Å². The standard InChI is InChI=1S/C13H12N2O.C12H17N.H3NS/c16-13(9-1-2-9)15-12-4-3-11-8-14-6-5-10(11)7-12;1-10-2-4-11(5-3-10)12-6-8-13-9-7-12;1-2/h3-9H,1-2H2,(H,15,16);2-5,12-13H,6-9H2,1H3;2H,1H2. The Hall–Kier alpha value is -2.41. The molecule has 164 valence electrons. The number of carbonyl (C=O) groups excluding carboxylic acids is 1. The lowest BCUT2D eigenvalue weighted by atomic mass is 9.90. The third kappa shape index (κ3) is 7.06.